The highest BCUT2D eigenvalue weighted by atomic mass is 79.9. The molecule has 0 aliphatic heterocycles. The van der Waals surface area contributed by atoms with Crippen molar-refractivity contribution in [1.82, 2.24) is 0 Å². The third kappa shape index (κ3) is 6.26. The van der Waals surface area contributed by atoms with E-state index in [1.54, 1.807) is 6.07 Å². The summed E-state index contributed by atoms with van der Waals surface area (Å²) in [6, 6.07) is 5.69. The molecule has 1 N–H and O–H groups in total. The molecule has 0 bridgehead atoms. The van der Waals surface area contributed by atoms with Gasteiger partial charge in [0.15, 0.2) is 0 Å². The van der Waals surface area contributed by atoms with Crippen LogP contribution in [0.4, 0.5) is 14.9 Å². The standard InChI is InChI=1S/C12H15BrFNO2/c13-7-2-1-3-8-17-12(16)15-11-6-4-5-10(14)9-11/h4-6,9H,1-3,7-8H2,(H,15,16). The first-order valence-corrected chi connectivity index (χ1v) is 6.60. The van der Waals surface area contributed by atoms with E-state index < -0.39 is 6.09 Å². The van der Waals surface area contributed by atoms with Crippen LogP contribution in [-0.2, 0) is 4.74 Å². The third-order valence-corrected chi connectivity index (χ3v) is 2.64. The Morgan fingerprint density at radius 3 is 2.88 bits per heavy atom. The average molecular weight is 304 g/mol. The zero-order valence-corrected chi connectivity index (χ0v) is 11.0. The highest BCUT2D eigenvalue weighted by Gasteiger charge is 2.03. The van der Waals surface area contributed by atoms with Gasteiger partial charge in [-0.3, -0.25) is 5.32 Å². The van der Waals surface area contributed by atoms with Gasteiger partial charge in [0, 0.05) is 11.0 Å². The van der Waals surface area contributed by atoms with E-state index in [9.17, 15) is 9.18 Å². The van der Waals surface area contributed by atoms with E-state index in [0.29, 0.717) is 12.3 Å². The molecule has 5 heteroatoms. The van der Waals surface area contributed by atoms with Crippen molar-refractivity contribution in [2.45, 2.75) is 19.3 Å². The number of benzene rings is 1. The number of ether oxygens (including phenoxy) is 1. The molecule has 0 aliphatic rings. The summed E-state index contributed by atoms with van der Waals surface area (Å²) in [5.74, 6) is -0.389. The zero-order valence-electron chi connectivity index (χ0n) is 9.42. The number of hydrogen-bond donors (Lipinski definition) is 1. The lowest BCUT2D eigenvalue weighted by molar-refractivity contribution is 0.159. The molecular weight excluding hydrogens is 289 g/mol. The van der Waals surface area contributed by atoms with Gasteiger partial charge in [0.2, 0.25) is 0 Å². The normalized spacial score (nSPS) is 10.0. The van der Waals surface area contributed by atoms with Crippen LogP contribution in [0.25, 0.3) is 0 Å². The number of halogens is 2. The molecule has 1 aromatic carbocycles. The number of anilines is 1. The molecule has 0 aliphatic carbocycles. The number of carbonyl (C=O) groups excluding carboxylic acids is 1. The van der Waals surface area contributed by atoms with E-state index in [0.717, 1.165) is 24.6 Å². The van der Waals surface area contributed by atoms with Crippen LogP contribution in [0.15, 0.2) is 24.3 Å². The fourth-order valence-electron chi connectivity index (χ4n) is 1.26. The van der Waals surface area contributed by atoms with Crippen LogP contribution in [0.3, 0.4) is 0 Å². The molecule has 0 saturated heterocycles. The summed E-state index contributed by atoms with van der Waals surface area (Å²) >= 11 is 3.33. The Balaban J connectivity index is 2.21. The van der Waals surface area contributed by atoms with E-state index in [1.807, 2.05) is 0 Å². The van der Waals surface area contributed by atoms with Gasteiger partial charge in [-0.15, -0.1) is 0 Å². The average Bonchev–Trinajstić information content (AvgIpc) is 2.29. The Bertz CT molecular complexity index is 360. The van der Waals surface area contributed by atoms with E-state index >= 15 is 0 Å². The van der Waals surface area contributed by atoms with Gasteiger partial charge in [-0.05, 0) is 37.5 Å². The number of hydrogen-bond acceptors (Lipinski definition) is 2. The number of amides is 1. The minimum absolute atomic E-state index is 0.383. The first-order valence-electron chi connectivity index (χ1n) is 5.47. The van der Waals surface area contributed by atoms with Crippen molar-refractivity contribution in [3.63, 3.8) is 0 Å². The predicted molar refractivity (Wildman–Crippen MR) is 69.0 cm³/mol. The second kappa shape index (κ2) is 8.06. The quantitative estimate of drug-likeness (QED) is 0.638. The van der Waals surface area contributed by atoms with Gasteiger partial charge in [0.1, 0.15) is 5.82 Å². The van der Waals surface area contributed by atoms with Crippen molar-refractivity contribution in [3.05, 3.63) is 30.1 Å². The molecule has 0 radical (unpaired) electrons. The maximum atomic E-state index is 12.8. The molecule has 0 atom stereocenters. The lowest BCUT2D eigenvalue weighted by Gasteiger charge is -2.06. The molecule has 17 heavy (non-hydrogen) atoms. The van der Waals surface area contributed by atoms with Crippen molar-refractivity contribution in [1.29, 1.82) is 0 Å². The van der Waals surface area contributed by atoms with E-state index in [-0.39, 0.29) is 5.82 Å². The van der Waals surface area contributed by atoms with Crippen molar-refractivity contribution in [3.8, 4) is 0 Å². The highest BCUT2D eigenvalue weighted by molar-refractivity contribution is 9.09. The molecule has 1 amide bonds. The van der Waals surface area contributed by atoms with Gasteiger partial charge < -0.3 is 4.74 Å². The van der Waals surface area contributed by atoms with Crippen molar-refractivity contribution in [2.24, 2.45) is 0 Å². The molecule has 0 fully saturated rings. The molecule has 0 saturated carbocycles. The van der Waals surface area contributed by atoms with Crippen LogP contribution in [0.5, 0.6) is 0 Å². The van der Waals surface area contributed by atoms with Crippen molar-refractivity contribution in [2.75, 3.05) is 17.3 Å². The van der Waals surface area contributed by atoms with Gasteiger partial charge in [-0.2, -0.15) is 0 Å². The van der Waals surface area contributed by atoms with Crippen molar-refractivity contribution < 1.29 is 13.9 Å². The maximum absolute atomic E-state index is 12.8. The molecule has 0 heterocycles. The van der Waals surface area contributed by atoms with E-state index in [1.165, 1.54) is 18.2 Å². The van der Waals surface area contributed by atoms with Crippen LogP contribution >= 0.6 is 15.9 Å². The predicted octanol–water partition coefficient (Wildman–Crippen LogP) is 3.94. The van der Waals surface area contributed by atoms with Crippen LogP contribution in [0.1, 0.15) is 19.3 Å². The number of carbonyl (C=O) groups is 1. The molecule has 94 valence electrons. The van der Waals surface area contributed by atoms with Crippen molar-refractivity contribution >= 4 is 27.7 Å². The smallest absolute Gasteiger partial charge is 0.411 e. The molecule has 3 nitrogen and oxygen atoms in total. The molecule has 0 spiro atoms. The monoisotopic (exact) mass is 303 g/mol. The summed E-state index contributed by atoms with van der Waals surface area (Å²) in [7, 11) is 0. The molecular formula is C12H15BrFNO2. The van der Waals surface area contributed by atoms with Gasteiger partial charge in [0.05, 0.1) is 6.61 Å². The van der Waals surface area contributed by atoms with Crippen LogP contribution in [0, 0.1) is 5.82 Å². The second-order valence-corrected chi connectivity index (χ2v) is 4.31. The fourth-order valence-corrected chi connectivity index (χ4v) is 1.65. The minimum atomic E-state index is -0.547. The Hall–Kier alpha value is -1.10. The summed E-state index contributed by atoms with van der Waals surface area (Å²) in [5, 5.41) is 3.42. The Kier molecular flexibility index (Phi) is 6.62. The lowest BCUT2D eigenvalue weighted by atomic mass is 10.3. The molecule has 1 rings (SSSR count). The Morgan fingerprint density at radius 1 is 1.35 bits per heavy atom. The fraction of sp³-hybridized carbons (Fsp3) is 0.417. The van der Waals surface area contributed by atoms with E-state index in [2.05, 4.69) is 21.2 Å². The van der Waals surface area contributed by atoms with Gasteiger partial charge in [-0.1, -0.05) is 22.0 Å². The summed E-state index contributed by atoms with van der Waals surface area (Å²) < 4.78 is 17.8. The molecule has 1 aromatic rings. The number of alkyl halides is 1. The SMILES string of the molecule is O=C(Nc1cccc(F)c1)OCCCCCBr. The number of unbranched alkanes of at least 4 members (excludes halogenated alkanes) is 2. The zero-order chi connectivity index (χ0) is 12.5. The molecule has 0 aromatic heterocycles. The van der Waals surface area contributed by atoms with Crippen LogP contribution in [-0.4, -0.2) is 18.0 Å². The summed E-state index contributed by atoms with van der Waals surface area (Å²) in [5.41, 5.74) is 0.399. The topological polar surface area (TPSA) is 38.3 Å². The van der Waals surface area contributed by atoms with Crippen LogP contribution in [0.2, 0.25) is 0 Å². The van der Waals surface area contributed by atoms with Gasteiger partial charge in [0.25, 0.3) is 0 Å². The third-order valence-electron chi connectivity index (χ3n) is 2.08. The summed E-state index contributed by atoms with van der Waals surface area (Å²) in [6.07, 6.45) is 2.37. The Labute approximate surface area is 108 Å². The van der Waals surface area contributed by atoms with E-state index in [4.69, 9.17) is 4.74 Å². The summed E-state index contributed by atoms with van der Waals surface area (Å²) in [6.45, 7) is 0.383. The minimum Gasteiger partial charge on any atom is -0.449 e. The van der Waals surface area contributed by atoms with Gasteiger partial charge >= 0.3 is 6.09 Å². The van der Waals surface area contributed by atoms with Gasteiger partial charge in [-0.25, -0.2) is 9.18 Å². The highest BCUT2D eigenvalue weighted by Crippen LogP contribution is 2.09. The van der Waals surface area contributed by atoms with Crippen LogP contribution < -0.4 is 5.32 Å². The number of rotatable bonds is 6. The summed E-state index contributed by atoms with van der Waals surface area (Å²) in [4.78, 5) is 11.3. The Morgan fingerprint density at radius 2 is 2.18 bits per heavy atom. The maximum Gasteiger partial charge on any atom is 0.411 e. The lowest BCUT2D eigenvalue weighted by Crippen LogP contribution is -2.14. The largest absolute Gasteiger partial charge is 0.449 e. The molecule has 0 unspecified atom stereocenters. The number of nitrogens with one attached hydrogen (secondary N) is 1. The first-order chi connectivity index (χ1) is 8.22. The first kappa shape index (κ1) is 14.0. The second-order valence-electron chi connectivity index (χ2n) is 3.52.